The molecule has 30 heavy (non-hydrogen) atoms. The van der Waals surface area contributed by atoms with Crippen molar-refractivity contribution in [3.05, 3.63) is 78.1 Å². The Bertz CT molecular complexity index is 1210. The summed E-state index contributed by atoms with van der Waals surface area (Å²) in [5, 5.41) is 0.619. The summed E-state index contributed by atoms with van der Waals surface area (Å²) in [5.41, 5.74) is 2.80. The van der Waals surface area contributed by atoms with Crippen molar-refractivity contribution in [2.24, 2.45) is 0 Å². The number of hydrogen-bond donors (Lipinski definition) is 0. The highest BCUT2D eigenvalue weighted by Crippen LogP contribution is 2.34. The number of pyridine rings is 1. The Balaban J connectivity index is 1.49. The van der Waals surface area contributed by atoms with E-state index in [0.29, 0.717) is 23.2 Å². The van der Waals surface area contributed by atoms with E-state index in [0.717, 1.165) is 21.5 Å². The van der Waals surface area contributed by atoms with E-state index in [2.05, 4.69) is 11.1 Å². The molecule has 1 aliphatic heterocycles. The van der Waals surface area contributed by atoms with Gasteiger partial charge < -0.3 is 9.47 Å². The minimum atomic E-state index is -0.752. The van der Waals surface area contributed by atoms with Gasteiger partial charge in [0.1, 0.15) is 6.61 Å². The Kier molecular flexibility index (Phi) is 4.80. The molecule has 1 atom stereocenters. The molecule has 1 aliphatic rings. The molecule has 0 saturated carbocycles. The van der Waals surface area contributed by atoms with Gasteiger partial charge in [-0.05, 0) is 48.9 Å². The van der Waals surface area contributed by atoms with Gasteiger partial charge in [-0.25, -0.2) is 4.98 Å². The maximum Gasteiger partial charge on any atom is 0.273 e. The predicted molar refractivity (Wildman–Crippen MR) is 116 cm³/mol. The molecule has 2 aromatic carbocycles. The summed E-state index contributed by atoms with van der Waals surface area (Å²) in [6.07, 6.45) is 0.966. The van der Waals surface area contributed by atoms with Crippen molar-refractivity contribution in [1.29, 1.82) is 0 Å². The molecule has 4 aromatic rings. The molecular formula is C23H19N3O3S. The number of aryl methyl sites for hydroxylation is 1. The van der Waals surface area contributed by atoms with Gasteiger partial charge in [-0.2, -0.15) is 0 Å². The third kappa shape index (κ3) is 3.59. The van der Waals surface area contributed by atoms with Crippen LogP contribution in [0.2, 0.25) is 0 Å². The molecule has 5 rings (SSSR count). The monoisotopic (exact) mass is 417 g/mol. The van der Waals surface area contributed by atoms with Crippen molar-refractivity contribution in [2.75, 3.05) is 11.5 Å². The zero-order chi connectivity index (χ0) is 20.5. The number of aromatic nitrogens is 2. The smallest absolute Gasteiger partial charge is 0.273 e. The van der Waals surface area contributed by atoms with Crippen LogP contribution >= 0.6 is 11.3 Å². The van der Waals surface area contributed by atoms with Crippen LogP contribution in [0.4, 0.5) is 5.13 Å². The fourth-order valence-electron chi connectivity index (χ4n) is 3.34. The molecule has 0 N–H and O–H groups in total. The number of fused-ring (bicyclic) bond motifs is 2. The minimum absolute atomic E-state index is 0.151. The summed E-state index contributed by atoms with van der Waals surface area (Å²) in [6.45, 7) is 2.50. The zero-order valence-corrected chi connectivity index (χ0v) is 17.1. The first-order valence-corrected chi connectivity index (χ1v) is 10.5. The highest BCUT2D eigenvalue weighted by atomic mass is 32.1. The van der Waals surface area contributed by atoms with Gasteiger partial charge >= 0.3 is 0 Å². The molecule has 7 heteroatoms. The number of thiazole rings is 1. The predicted octanol–water partition coefficient (Wildman–Crippen LogP) is 4.37. The van der Waals surface area contributed by atoms with E-state index >= 15 is 0 Å². The highest BCUT2D eigenvalue weighted by Gasteiger charge is 2.33. The van der Waals surface area contributed by atoms with Crippen LogP contribution in [0.5, 0.6) is 11.5 Å². The second kappa shape index (κ2) is 7.76. The summed E-state index contributed by atoms with van der Waals surface area (Å²) in [6, 6.07) is 19.1. The van der Waals surface area contributed by atoms with Crippen molar-refractivity contribution < 1.29 is 14.3 Å². The maximum absolute atomic E-state index is 13.5. The van der Waals surface area contributed by atoms with Crippen LogP contribution in [-0.2, 0) is 11.3 Å². The SMILES string of the molecule is Cc1ccc2nc(N(Cc3ccccn3)C(=O)[C@@H]3COc4ccccc4O3)sc2c1. The second-order valence-electron chi connectivity index (χ2n) is 7.08. The van der Waals surface area contributed by atoms with Gasteiger partial charge in [-0.15, -0.1) is 0 Å². The van der Waals surface area contributed by atoms with Gasteiger partial charge in [-0.3, -0.25) is 14.7 Å². The number of rotatable bonds is 4. The van der Waals surface area contributed by atoms with Crippen molar-refractivity contribution in [2.45, 2.75) is 19.6 Å². The minimum Gasteiger partial charge on any atom is -0.485 e. The van der Waals surface area contributed by atoms with Crippen LogP contribution in [0.3, 0.4) is 0 Å². The standard InChI is InChI=1S/C23H19N3O3S/c1-15-9-10-17-21(12-15)30-23(25-17)26(13-16-6-4-5-11-24-16)22(27)20-14-28-18-7-2-3-8-19(18)29-20/h2-12,20H,13-14H2,1H3/t20-/m0/s1. The molecule has 0 unspecified atom stereocenters. The second-order valence-corrected chi connectivity index (χ2v) is 8.09. The fraction of sp³-hybridized carbons (Fsp3) is 0.174. The summed E-state index contributed by atoms with van der Waals surface area (Å²) in [4.78, 5) is 24.3. The summed E-state index contributed by atoms with van der Waals surface area (Å²) < 4.78 is 12.8. The Labute approximate surface area is 177 Å². The maximum atomic E-state index is 13.5. The van der Waals surface area contributed by atoms with Gasteiger partial charge in [0.2, 0.25) is 6.10 Å². The quantitative estimate of drug-likeness (QED) is 0.493. The van der Waals surface area contributed by atoms with Crippen LogP contribution < -0.4 is 14.4 Å². The van der Waals surface area contributed by atoms with Gasteiger partial charge in [0.25, 0.3) is 5.91 Å². The van der Waals surface area contributed by atoms with E-state index in [4.69, 9.17) is 14.5 Å². The molecule has 0 fully saturated rings. The van der Waals surface area contributed by atoms with Crippen molar-refractivity contribution in [3.63, 3.8) is 0 Å². The Morgan fingerprint density at radius 3 is 2.80 bits per heavy atom. The van der Waals surface area contributed by atoms with Crippen molar-refractivity contribution >= 4 is 32.6 Å². The Hall–Kier alpha value is -3.45. The average molecular weight is 417 g/mol. The molecule has 0 radical (unpaired) electrons. The third-order valence-electron chi connectivity index (χ3n) is 4.86. The molecule has 0 spiro atoms. The van der Waals surface area contributed by atoms with E-state index in [1.54, 1.807) is 17.2 Å². The lowest BCUT2D eigenvalue weighted by atomic mass is 10.2. The molecule has 6 nitrogen and oxygen atoms in total. The molecule has 3 heterocycles. The highest BCUT2D eigenvalue weighted by molar-refractivity contribution is 7.22. The van der Waals surface area contributed by atoms with Crippen molar-refractivity contribution in [1.82, 2.24) is 9.97 Å². The van der Waals surface area contributed by atoms with E-state index in [1.165, 1.54) is 11.3 Å². The largest absolute Gasteiger partial charge is 0.485 e. The molecule has 0 saturated heterocycles. The lowest BCUT2D eigenvalue weighted by molar-refractivity contribution is -0.127. The number of para-hydroxylation sites is 2. The van der Waals surface area contributed by atoms with Gasteiger partial charge in [-0.1, -0.05) is 35.6 Å². The molecule has 0 bridgehead atoms. The Morgan fingerprint density at radius 1 is 1.13 bits per heavy atom. The van der Waals surface area contributed by atoms with Crippen LogP contribution in [0, 0.1) is 6.92 Å². The van der Waals surface area contributed by atoms with E-state index in [9.17, 15) is 4.79 Å². The average Bonchev–Trinajstić information content (AvgIpc) is 3.20. The van der Waals surface area contributed by atoms with E-state index in [-0.39, 0.29) is 12.5 Å². The third-order valence-corrected chi connectivity index (χ3v) is 5.90. The van der Waals surface area contributed by atoms with Gasteiger partial charge in [0, 0.05) is 6.20 Å². The zero-order valence-electron chi connectivity index (χ0n) is 16.3. The number of carbonyl (C=O) groups is 1. The first-order valence-electron chi connectivity index (χ1n) is 9.64. The van der Waals surface area contributed by atoms with E-state index in [1.807, 2.05) is 55.5 Å². The lowest BCUT2D eigenvalue weighted by Gasteiger charge is -2.29. The van der Waals surface area contributed by atoms with Crippen LogP contribution in [0.25, 0.3) is 10.2 Å². The lowest BCUT2D eigenvalue weighted by Crippen LogP contribution is -2.46. The summed E-state index contributed by atoms with van der Waals surface area (Å²) in [7, 11) is 0. The number of nitrogens with zero attached hydrogens (tertiary/aromatic N) is 3. The first kappa shape index (κ1) is 18.6. The van der Waals surface area contributed by atoms with Crippen LogP contribution in [0.15, 0.2) is 66.9 Å². The molecular weight excluding hydrogens is 398 g/mol. The normalized spacial score (nSPS) is 15.2. The number of amides is 1. The number of anilines is 1. The number of hydrogen-bond acceptors (Lipinski definition) is 6. The molecule has 1 amide bonds. The fourth-order valence-corrected chi connectivity index (χ4v) is 4.41. The van der Waals surface area contributed by atoms with Crippen molar-refractivity contribution in [3.8, 4) is 11.5 Å². The van der Waals surface area contributed by atoms with Crippen LogP contribution in [0.1, 0.15) is 11.3 Å². The summed E-state index contributed by atoms with van der Waals surface area (Å²) in [5.74, 6) is 1.01. The van der Waals surface area contributed by atoms with Gasteiger partial charge in [0.05, 0.1) is 22.5 Å². The van der Waals surface area contributed by atoms with E-state index < -0.39 is 6.10 Å². The van der Waals surface area contributed by atoms with Crippen LogP contribution in [-0.4, -0.2) is 28.6 Å². The molecule has 150 valence electrons. The first-order chi connectivity index (χ1) is 14.7. The molecule has 0 aliphatic carbocycles. The van der Waals surface area contributed by atoms with Gasteiger partial charge in [0.15, 0.2) is 16.6 Å². The summed E-state index contributed by atoms with van der Waals surface area (Å²) >= 11 is 1.49. The number of carbonyl (C=O) groups excluding carboxylic acids is 1. The Morgan fingerprint density at radius 2 is 1.97 bits per heavy atom. The molecule has 2 aromatic heterocycles. The number of ether oxygens (including phenoxy) is 2. The number of benzene rings is 2. The topological polar surface area (TPSA) is 64.6 Å².